The first-order chi connectivity index (χ1) is 21.9. The molecule has 1 saturated heterocycles. The van der Waals surface area contributed by atoms with Gasteiger partial charge in [-0.2, -0.15) is 5.10 Å². The Morgan fingerprint density at radius 1 is 0.889 bits per heavy atom. The maximum absolute atomic E-state index is 14.1. The summed E-state index contributed by atoms with van der Waals surface area (Å²) in [7, 11) is 3.24. The Balaban J connectivity index is 1.25. The first kappa shape index (κ1) is 30.7. The Hall–Kier alpha value is -4.33. The van der Waals surface area contributed by atoms with Gasteiger partial charge >= 0.3 is 0 Å². The van der Waals surface area contributed by atoms with E-state index in [0.717, 1.165) is 79.8 Å². The first-order valence-corrected chi connectivity index (χ1v) is 16.3. The summed E-state index contributed by atoms with van der Waals surface area (Å²) in [6.45, 7) is 6.80. The van der Waals surface area contributed by atoms with Gasteiger partial charge in [-0.1, -0.05) is 26.0 Å². The predicted octanol–water partition coefficient (Wildman–Crippen LogP) is 6.78. The number of aromatic nitrogens is 2. The number of nitrogens with zero attached hydrogens (tertiary/aromatic N) is 4. The molecule has 0 spiro atoms. The van der Waals surface area contributed by atoms with Gasteiger partial charge < -0.3 is 19.3 Å². The van der Waals surface area contributed by atoms with Crippen LogP contribution in [0.3, 0.4) is 0 Å². The molecular weight excluding hydrogens is 564 g/mol. The number of allylic oxidation sites excluding steroid dienone is 3. The zero-order valence-corrected chi connectivity index (χ0v) is 26.9. The summed E-state index contributed by atoms with van der Waals surface area (Å²) in [5, 5.41) is 4.88. The van der Waals surface area contributed by atoms with E-state index in [2.05, 4.69) is 19.9 Å². The maximum atomic E-state index is 14.1. The fraction of sp³-hybridized carbons (Fsp3) is 0.432. The Labute approximate surface area is 266 Å². The molecule has 8 heteroatoms. The highest BCUT2D eigenvalue weighted by Gasteiger charge is 2.29. The van der Waals surface area contributed by atoms with Crippen LogP contribution in [0.2, 0.25) is 0 Å². The van der Waals surface area contributed by atoms with Crippen LogP contribution in [-0.2, 0) is 12.8 Å². The average molecular weight is 609 g/mol. The number of fused-ring (bicyclic) bond motifs is 2. The first-order valence-electron chi connectivity index (χ1n) is 16.3. The van der Waals surface area contributed by atoms with Crippen LogP contribution in [0, 0.1) is 11.8 Å². The molecule has 1 unspecified atom stereocenters. The molecule has 0 saturated carbocycles. The molecule has 0 aliphatic carbocycles. The molecule has 2 amide bonds. The lowest BCUT2D eigenvalue weighted by Gasteiger charge is -2.30. The van der Waals surface area contributed by atoms with Crippen molar-refractivity contribution in [1.29, 1.82) is 0 Å². The lowest BCUT2D eigenvalue weighted by atomic mass is 9.89. The lowest BCUT2D eigenvalue weighted by molar-refractivity contribution is 0.0758. The van der Waals surface area contributed by atoms with Gasteiger partial charge in [0.2, 0.25) is 0 Å². The number of aryl methyl sites for hydroxylation is 2. The summed E-state index contributed by atoms with van der Waals surface area (Å²) in [5.41, 5.74) is 5.78. The minimum atomic E-state index is -0.124. The molecule has 45 heavy (non-hydrogen) atoms. The van der Waals surface area contributed by atoms with E-state index in [1.54, 1.807) is 14.2 Å². The van der Waals surface area contributed by atoms with Crippen LogP contribution in [0.5, 0.6) is 11.5 Å². The summed E-state index contributed by atoms with van der Waals surface area (Å²) in [4.78, 5) is 31.5. The summed E-state index contributed by atoms with van der Waals surface area (Å²) in [6.07, 6.45) is 12.8. The zero-order chi connectivity index (χ0) is 31.5. The van der Waals surface area contributed by atoms with Gasteiger partial charge in [0.15, 0.2) is 17.2 Å². The molecule has 6 rings (SSSR count). The Bertz CT molecular complexity index is 1630. The molecule has 0 N–H and O–H groups in total. The third-order valence-electron chi connectivity index (χ3n) is 9.56. The lowest BCUT2D eigenvalue weighted by Crippen LogP contribution is -2.36. The van der Waals surface area contributed by atoms with Gasteiger partial charge in [0.25, 0.3) is 11.8 Å². The van der Waals surface area contributed by atoms with Crippen molar-refractivity contribution in [2.75, 3.05) is 38.8 Å². The van der Waals surface area contributed by atoms with Crippen LogP contribution in [0.4, 0.5) is 5.69 Å². The Morgan fingerprint density at radius 3 is 2.53 bits per heavy atom. The largest absolute Gasteiger partial charge is 0.493 e. The van der Waals surface area contributed by atoms with Crippen molar-refractivity contribution < 1.29 is 19.1 Å². The number of amides is 2. The van der Waals surface area contributed by atoms with Crippen LogP contribution in [0.25, 0.3) is 5.70 Å². The second-order valence-electron chi connectivity index (χ2n) is 12.7. The molecule has 3 aliphatic heterocycles. The Morgan fingerprint density at radius 2 is 1.73 bits per heavy atom. The van der Waals surface area contributed by atoms with Crippen molar-refractivity contribution in [3.8, 4) is 11.5 Å². The quantitative estimate of drug-likeness (QED) is 0.308. The van der Waals surface area contributed by atoms with Gasteiger partial charge in [-0.15, -0.1) is 0 Å². The minimum Gasteiger partial charge on any atom is -0.493 e. The van der Waals surface area contributed by atoms with Crippen molar-refractivity contribution in [3.63, 3.8) is 0 Å². The summed E-state index contributed by atoms with van der Waals surface area (Å²) < 4.78 is 12.9. The molecule has 0 radical (unpaired) electrons. The molecule has 3 aromatic rings. The predicted molar refractivity (Wildman–Crippen MR) is 177 cm³/mol. The number of benzene rings is 2. The highest BCUT2D eigenvalue weighted by Crippen LogP contribution is 2.34. The number of anilines is 1. The molecular formula is C37H44N4O4. The summed E-state index contributed by atoms with van der Waals surface area (Å²) in [6, 6.07) is 13.6. The second kappa shape index (κ2) is 13.3. The highest BCUT2D eigenvalue weighted by molar-refractivity contribution is 6.06. The highest BCUT2D eigenvalue weighted by atomic mass is 16.5. The number of ether oxygens (including phenoxy) is 2. The smallest absolute Gasteiger partial charge is 0.278 e. The van der Waals surface area contributed by atoms with E-state index in [0.29, 0.717) is 41.1 Å². The van der Waals surface area contributed by atoms with Crippen LogP contribution in [-0.4, -0.2) is 60.3 Å². The van der Waals surface area contributed by atoms with Crippen molar-refractivity contribution >= 4 is 23.2 Å². The zero-order valence-electron chi connectivity index (χ0n) is 26.9. The third-order valence-corrected chi connectivity index (χ3v) is 9.56. The van der Waals surface area contributed by atoms with E-state index in [9.17, 15) is 9.59 Å². The summed E-state index contributed by atoms with van der Waals surface area (Å²) in [5.74, 6) is 2.58. The van der Waals surface area contributed by atoms with Gasteiger partial charge in [0.05, 0.1) is 19.9 Å². The molecule has 4 heterocycles. The number of rotatable bonds is 6. The van der Waals surface area contributed by atoms with Crippen LogP contribution in [0.1, 0.15) is 83.6 Å². The number of hydrogen-bond donors (Lipinski definition) is 0. The van der Waals surface area contributed by atoms with Crippen LogP contribution in [0.15, 0.2) is 60.7 Å². The number of carbonyl (C=O) groups excluding carboxylic acids is 2. The number of carbonyl (C=O) groups is 2. The summed E-state index contributed by atoms with van der Waals surface area (Å²) >= 11 is 0. The van der Waals surface area contributed by atoms with Crippen molar-refractivity contribution in [2.45, 2.75) is 58.8 Å². The molecule has 1 aromatic heterocycles. The van der Waals surface area contributed by atoms with Crippen LogP contribution >= 0.6 is 0 Å². The van der Waals surface area contributed by atoms with Crippen molar-refractivity contribution in [3.05, 3.63) is 88.8 Å². The molecule has 1 atom stereocenters. The van der Waals surface area contributed by atoms with Crippen LogP contribution < -0.4 is 14.4 Å². The molecule has 0 bridgehead atoms. The van der Waals surface area contributed by atoms with Crippen molar-refractivity contribution in [2.24, 2.45) is 11.8 Å². The SMILES string of the molecule is COc1ccc(/C2=C/C=C\CCc3cc(C(=O)N4CCCc5cc(C(=O)N6CCCC(C(C)C)CC6)ccc54)nn32)cc1OC. The van der Waals surface area contributed by atoms with E-state index < -0.39 is 0 Å². The minimum absolute atomic E-state index is 0.0997. The van der Waals surface area contributed by atoms with E-state index in [4.69, 9.17) is 14.6 Å². The molecule has 8 nitrogen and oxygen atoms in total. The van der Waals surface area contributed by atoms with Gasteiger partial charge in [0.1, 0.15) is 0 Å². The average Bonchev–Trinajstić information content (AvgIpc) is 3.29. The van der Waals surface area contributed by atoms with Gasteiger partial charge in [-0.05, 0) is 111 Å². The number of hydrogen-bond acceptors (Lipinski definition) is 5. The Kier molecular flexibility index (Phi) is 9.10. The van der Waals surface area contributed by atoms with E-state index >= 15 is 0 Å². The number of likely N-dealkylation sites (tertiary alicyclic amines) is 1. The molecule has 236 valence electrons. The van der Waals surface area contributed by atoms with E-state index in [1.807, 2.05) is 69.1 Å². The van der Waals surface area contributed by atoms with Gasteiger partial charge in [-0.3, -0.25) is 9.59 Å². The van der Waals surface area contributed by atoms with E-state index in [1.165, 1.54) is 6.42 Å². The fourth-order valence-electron chi connectivity index (χ4n) is 6.94. The van der Waals surface area contributed by atoms with Crippen molar-refractivity contribution in [1.82, 2.24) is 14.7 Å². The number of methoxy groups -OCH3 is 2. The van der Waals surface area contributed by atoms with Gasteiger partial charge in [-0.25, -0.2) is 4.68 Å². The molecule has 2 aromatic carbocycles. The molecule has 1 fully saturated rings. The van der Waals surface area contributed by atoms with E-state index in [-0.39, 0.29) is 11.8 Å². The monoisotopic (exact) mass is 608 g/mol. The normalized spacial score (nSPS) is 20.2. The standard InChI is InChI=1S/C37H44N4O4/c1-25(2)26-10-8-19-39(21-18-26)36(42)29-14-16-32-27(22-29)11-9-20-40(32)37(43)31-24-30-12-6-5-7-13-33(41(30)38-31)28-15-17-34(44-3)35(23-28)45-4/h5,7,13-17,22-26H,6,8-12,18-21H2,1-4H3/b7-5-,33-13-. The third kappa shape index (κ3) is 6.28. The maximum Gasteiger partial charge on any atom is 0.278 e. The molecule has 3 aliphatic rings. The fourth-order valence-corrected chi connectivity index (χ4v) is 6.94. The second-order valence-corrected chi connectivity index (χ2v) is 12.7. The topological polar surface area (TPSA) is 76.9 Å². The van der Waals surface area contributed by atoms with Gasteiger partial charge in [0, 0.05) is 42.1 Å².